The Balaban J connectivity index is 1.60. The minimum absolute atomic E-state index is 0.0244. The number of hydrogen-bond donors (Lipinski definition) is 0. The van der Waals surface area contributed by atoms with Crippen LogP contribution in [0.3, 0.4) is 0 Å². The molecule has 1 saturated heterocycles. The molecule has 0 unspecified atom stereocenters. The first kappa shape index (κ1) is 19.8. The van der Waals surface area contributed by atoms with Crippen LogP contribution in [0, 0.1) is 11.8 Å². The first-order chi connectivity index (χ1) is 13.8. The van der Waals surface area contributed by atoms with Crippen molar-refractivity contribution in [2.24, 2.45) is 11.8 Å². The van der Waals surface area contributed by atoms with Gasteiger partial charge < -0.3 is 9.42 Å². The van der Waals surface area contributed by atoms with E-state index in [9.17, 15) is 9.59 Å². The molecule has 0 saturated carbocycles. The lowest BCUT2D eigenvalue weighted by Crippen LogP contribution is -2.53. The van der Waals surface area contributed by atoms with Crippen LogP contribution in [0.5, 0.6) is 0 Å². The SMILES string of the molecule is CC(C)Cc1nc(CN2C[C@H]3C[C@@H](C2)[C@H](C(=O)N(C)C)n2c3cccc2=O)no1. The summed E-state index contributed by atoms with van der Waals surface area (Å²) >= 11 is 0. The number of amides is 1. The molecule has 8 nitrogen and oxygen atoms in total. The van der Waals surface area contributed by atoms with Crippen molar-refractivity contribution in [3.63, 3.8) is 0 Å². The quantitative estimate of drug-likeness (QED) is 0.761. The Bertz CT molecular complexity index is 948. The molecule has 1 amide bonds. The molecule has 2 aliphatic heterocycles. The van der Waals surface area contributed by atoms with Crippen molar-refractivity contribution in [2.75, 3.05) is 27.2 Å². The number of piperidine rings is 1. The second-order valence-electron chi connectivity index (χ2n) is 8.93. The molecule has 29 heavy (non-hydrogen) atoms. The lowest BCUT2D eigenvalue weighted by molar-refractivity contribution is -0.135. The van der Waals surface area contributed by atoms with Crippen molar-refractivity contribution in [1.82, 2.24) is 24.5 Å². The van der Waals surface area contributed by atoms with Crippen LogP contribution < -0.4 is 5.56 Å². The largest absolute Gasteiger partial charge is 0.347 e. The first-order valence-electron chi connectivity index (χ1n) is 10.3. The summed E-state index contributed by atoms with van der Waals surface area (Å²) in [5.74, 6) is 2.09. The number of likely N-dealkylation sites (tertiary alicyclic amines) is 1. The number of aromatic nitrogens is 3. The van der Waals surface area contributed by atoms with Crippen molar-refractivity contribution in [3.05, 3.63) is 46.0 Å². The van der Waals surface area contributed by atoms with Crippen LogP contribution >= 0.6 is 0 Å². The van der Waals surface area contributed by atoms with E-state index in [-0.39, 0.29) is 23.3 Å². The van der Waals surface area contributed by atoms with Gasteiger partial charge in [0.25, 0.3) is 5.56 Å². The van der Waals surface area contributed by atoms with Crippen LogP contribution in [-0.4, -0.2) is 57.6 Å². The Kier molecular flexibility index (Phi) is 5.29. The lowest BCUT2D eigenvalue weighted by Gasteiger charge is -2.46. The van der Waals surface area contributed by atoms with Gasteiger partial charge in [-0.1, -0.05) is 25.1 Å². The third kappa shape index (κ3) is 3.85. The van der Waals surface area contributed by atoms with Crippen molar-refractivity contribution >= 4 is 5.91 Å². The highest BCUT2D eigenvalue weighted by atomic mass is 16.5. The van der Waals surface area contributed by atoms with E-state index in [0.29, 0.717) is 24.2 Å². The fourth-order valence-electron chi connectivity index (χ4n) is 4.73. The summed E-state index contributed by atoms with van der Waals surface area (Å²) in [6.07, 6.45) is 1.68. The zero-order valence-electron chi connectivity index (χ0n) is 17.5. The predicted octanol–water partition coefficient (Wildman–Crippen LogP) is 1.68. The molecule has 2 bridgehead atoms. The van der Waals surface area contributed by atoms with Crippen LogP contribution in [0.25, 0.3) is 0 Å². The van der Waals surface area contributed by atoms with Gasteiger partial charge in [0.2, 0.25) is 11.8 Å². The zero-order chi connectivity index (χ0) is 20.7. The monoisotopic (exact) mass is 399 g/mol. The van der Waals surface area contributed by atoms with Crippen molar-refractivity contribution in [2.45, 2.75) is 45.2 Å². The number of fused-ring (bicyclic) bond motifs is 4. The molecule has 0 N–H and O–H groups in total. The smallest absolute Gasteiger partial charge is 0.251 e. The molecule has 1 fully saturated rings. The molecule has 0 spiro atoms. The molecule has 0 aromatic carbocycles. The predicted molar refractivity (Wildman–Crippen MR) is 107 cm³/mol. The first-order valence-corrected chi connectivity index (χ1v) is 10.3. The molecule has 0 aliphatic carbocycles. The van der Waals surface area contributed by atoms with Gasteiger partial charge >= 0.3 is 0 Å². The summed E-state index contributed by atoms with van der Waals surface area (Å²) in [6, 6.07) is 4.86. The van der Waals surface area contributed by atoms with Crippen LogP contribution in [0.4, 0.5) is 0 Å². The number of pyridine rings is 1. The molecule has 2 aromatic rings. The van der Waals surface area contributed by atoms with E-state index in [2.05, 4.69) is 28.9 Å². The van der Waals surface area contributed by atoms with Crippen LogP contribution in [0.15, 0.2) is 27.5 Å². The lowest BCUT2D eigenvalue weighted by atomic mass is 9.78. The van der Waals surface area contributed by atoms with E-state index < -0.39 is 6.04 Å². The highest BCUT2D eigenvalue weighted by Gasteiger charge is 2.44. The van der Waals surface area contributed by atoms with E-state index in [4.69, 9.17) is 4.52 Å². The molecule has 2 aliphatic rings. The van der Waals surface area contributed by atoms with Gasteiger partial charge in [-0.15, -0.1) is 0 Å². The van der Waals surface area contributed by atoms with Gasteiger partial charge in [0.15, 0.2) is 5.82 Å². The Morgan fingerprint density at radius 1 is 1.31 bits per heavy atom. The van der Waals surface area contributed by atoms with Gasteiger partial charge in [0.1, 0.15) is 6.04 Å². The number of nitrogens with zero attached hydrogens (tertiary/aromatic N) is 5. The van der Waals surface area contributed by atoms with E-state index in [1.165, 1.54) is 0 Å². The van der Waals surface area contributed by atoms with Gasteiger partial charge in [0, 0.05) is 57.2 Å². The fraction of sp³-hybridized carbons (Fsp3) is 0.619. The van der Waals surface area contributed by atoms with Gasteiger partial charge in [-0.25, -0.2) is 0 Å². The maximum Gasteiger partial charge on any atom is 0.251 e. The summed E-state index contributed by atoms with van der Waals surface area (Å²) in [4.78, 5) is 34.0. The van der Waals surface area contributed by atoms with Crippen molar-refractivity contribution in [1.29, 1.82) is 0 Å². The standard InChI is InChI=1S/C21H29N5O3/c1-13(2)8-18-22-17(23-29-18)12-25-10-14-9-15(11-25)20(21(28)24(3)4)26-16(14)6-5-7-19(26)27/h5-7,13-15,20H,8-12H2,1-4H3/t14-,15+,20-/m1/s1. The molecular formula is C21H29N5O3. The molecule has 156 valence electrons. The third-order valence-electron chi connectivity index (χ3n) is 5.87. The van der Waals surface area contributed by atoms with Gasteiger partial charge in [-0.05, 0) is 18.4 Å². The molecule has 8 heteroatoms. The Labute approximate surface area is 170 Å². The van der Waals surface area contributed by atoms with E-state index in [0.717, 1.165) is 31.6 Å². The molecule has 2 aromatic heterocycles. The van der Waals surface area contributed by atoms with Crippen LogP contribution in [0.1, 0.15) is 49.6 Å². The second kappa shape index (κ2) is 7.74. The van der Waals surface area contributed by atoms with E-state index in [1.54, 1.807) is 35.7 Å². The van der Waals surface area contributed by atoms with Gasteiger partial charge in [-0.3, -0.25) is 19.1 Å². The molecule has 0 radical (unpaired) electrons. The van der Waals surface area contributed by atoms with Gasteiger partial charge in [0.05, 0.1) is 6.54 Å². The Morgan fingerprint density at radius 2 is 2.10 bits per heavy atom. The minimum Gasteiger partial charge on any atom is -0.347 e. The molecular weight excluding hydrogens is 370 g/mol. The zero-order valence-corrected chi connectivity index (χ0v) is 17.5. The normalized spacial score (nSPS) is 23.8. The summed E-state index contributed by atoms with van der Waals surface area (Å²) in [5, 5.41) is 4.14. The maximum absolute atomic E-state index is 13.0. The molecule has 4 rings (SSSR count). The molecule has 4 heterocycles. The Hall–Kier alpha value is -2.48. The summed E-state index contributed by atoms with van der Waals surface area (Å²) in [7, 11) is 3.50. The third-order valence-corrected chi connectivity index (χ3v) is 5.87. The summed E-state index contributed by atoms with van der Waals surface area (Å²) in [6.45, 7) is 6.38. The van der Waals surface area contributed by atoms with E-state index in [1.807, 2.05) is 6.07 Å². The summed E-state index contributed by atoms with van der Waals surface area (Å²) < 4.78 is 7.11. The highest BCUT2D eigenvalue weighted by molar-refractivity contribution is 5.80. The van der Waals surface area contributed by atoms with Crippen molar-refractivity contribution < 1.29 is 9.32 Å². The van der Waals surface area contributed by atoms with Gasteiger partial charge in [-0.2, -0.15) is 4.98 Å². The van der Waals surface area contributed by atoms with E-state index >= 15 is 0 Å². The topological polar surface area (TPSA) is 84.5 Å². The highest BCUT2D eigenvalue weighted by Crippen LogP contribution is 2.41. The maximum atomic E-state index is 13.0. The number of rotatable bonds is 5. The van der Waals surface area contributed by atoms with Crippen LogP contribution in [-0.2, 0) is 17.8 Å². The summed E-state index contributed by atoms with van der Waals surface area (Å²) in [5.41, 5.74) is 0.856. The minimum atomic E-state index is -0.463. The average Bonchev–Trinajstić information content (AvgIpc) is 3.08. The number of carbonyl (C=O) groups is 1. The number of likely N-dealkylation sites (N-methyl/N-ethyl adjacent to an activating group) is 1. The average molecular weight is 399 g/mol. The van der Waals surface area contributed by atoms with Crippen LogP contribution in [0.2, 0.25) is 0 Å². The van der Waals surface area contributed by atoms with Crippen molar-refractivity contribution in [3.8, 4) is 0 Å². The number of carbonyl (C=O) groups excluding carboxylic acids is 1. The molecule has 3 atom stereocenters. The second-order valence-corrected chi connectivity index (χ2v) is 8.93. The number of hydrogen-bond acceptors (Lipinski definition) is 6. The fourth-order valence-corrected chi connectivity index (χ4v) is 4.73. The Morgan fingerprint density at radius 3 is 2.83 bits per heavy atom.